The zero-order valence-electron chi connectivity index (χ0n) is 9.13. The van der Waals surface area contributed by atoms with Crippen molar-refractivity contribution in [2.24, 2.45) is 0 Å². The van der Waals surface area contributed by atoms with Gasteiger partial charge in [0, 0.05) is 12.3 Å². The third-order valence-electron chi connectivity index (χ3n) is 2.20. The summed E-state index contributed by atoms with van der Waals surface area (Å²) in [6.45, 7) is 1.44. The predicted molar refractivity (Wildman–Crippen MR) is 59.1 cm³/mol. The summed E-state index contributed by atoms with van der Waals surface area (Å²) in [5.74, 6) is -4.42. The SMILES string of the molecule is CCS(=O)(=O)CCNc1ccc(F)c(F)c1F. The summed E-state index contributed by atoms with van der Waals surface area (Å²) in [7, 11) is -3.17. The molecule has 0 fully saturated rings. The van der Waals surface area contributed by atoms with Crippen molar-refractivity contribution in [3.05, 3.63) is 29.6 Å². The fourth-order valence-corrected chi connectivity index (χ4v) is 1.85. The van der Waals surface area contributed by atoms with Gasteiger partial charge in [-0.1, -0.05) is 6.92 Å². The smallest absolute Gasteiger partial charge is 0.196 e. The third-order valence-corrected chi connectivity index (χ3v) is 3.91. The Morgan fingerprint density at radius 2 is 1.82 bits per heavy atom. The van der Waals surface area contributed by atoms with Crippen molar-refractivity contribution in [3.8, 4) is 0 Å². The van der Waals surface area contributed by atoms with Crippen molar-refractivity contribution < 1.29 is 21.6 Å². The van der Waals surface area contributed by atoms with E-state index in [0.29, 0.717) is 0 Å². The first kappa shape index (κ1) is 13.8. The average Bonchev–Trinajstić information content (AvgIpc) is 2.29. The van der Waals surface area contributed by atoms with Crippen LogP contribution < -0.4 is 5.32 Å². The number of sulfone groups is 1. The van der Waals surface area contributed by atoms with Crippen molar-refractivity contribution in [2.75, 3.05) is 23.4 Å². The van der Waals surface area contributed by atoms with Gasteiger partial charge in [-0.25, -0.2) is 21.6 Å². The van der Waals surface area contributed by atoms with E-state index in [1.54, 1.807) is 0 Å². The number of hydrogen-bond acceptors (Lipinski definition) is 3. The summed E-state index contributed by atoms with van der Waals surface area (Å²) in [6, 6.07) is 1.79. The summed E-state index contributed by atoms with van der Waals surface area (Å²) in [6.07, 6.45) is 0. The van der Waals surface area contributed by atoms with Gasteiger partial charge in [0.1, 0.15) is 0 Å². The summed E-state index contributed by atoms with van der Waals surface area (Å²) < 4.78 is 60.8. The van der Waals surface area contributed by atoms with E-state index in [1.165, 1.54) is 6.92 Å². The van der Waals surface area contributed by atoms with Crippen LogP contribution in [-0.2, 0) is 9.84 Å². The molecule has 0 radical (unpaired) electrons. The maximum atomic E-state index is 13.1. The molecule has 0 amide bonds. The van der Waals surface area contributed by atoms with Crippen LogP contribution in [0.2, 0.25) is 0 Å². The van der Waals surface area contributed by atoms with Gasteiger partial charge in [0.2, 0.25) is 0 Å². The number of nitrogens with one attached hydrogen (secondary N) is 1. The highest BCUT2D eigenvalue weighted by Gasteiger charge is 2.13. The molecule has 1 rings (SSSR count). The minimum absolute atomic E-state index is 0.0189. The Kier molecular flexibility index (Phi) is 4.39. The first-order chi connectivity index (χ1) is 7.87. The van der Waals surface area contributed by atoms with Gasteiger partial charge in [-0.15, -0.1) is 0 Å². The molecular weight excluding hydrogens is 255 g/mol. The van der Waals surface area contributed by atoms with E-state index in [2.05, 4.69) is 5.32 Å². The largest absolute Gasteiger partial charge is 0.382 e. The number of benzene rings is 1. The number of halogens is 3. The van der Waals surface area contributed by atoms with E-state index in [-0.39, 0.29) is 23.7 Å². The van der Waals surface area contributed by atoms with Crippen LogP contribution >= 0.6 is 0 Å². The summed E-state index contributed by atoms with van der Waals surface area (Å²) >= 11 is 0. The molecule has 0 heterocycles. The number of hydrogen-bond donors (Lipinski definition) is 1. The fourth-order valence-electron chi connectivity index (χ4n) is 1.15. The topological polar surface area (TPSA) is 46.2 Å². The van der Waals surface area contributed by atoms with Crippen molar-refractivity contribution in [1.29, 1.82) is 0 Å². The van der Waals surface area contributed by atoms with Gasteiger partial charge in [0.05, 0.1) is 11.4 Å². The number of anilines is 1. The summed E-state index contributed by atoms with van der Waals surface area (Å²) in [5, 5.41) is 2.41. The molecule has 0 aliphatic rings. The minimum Gasteiger partial charge on any atom is -0.382 e. The molecule has 0 unspecified atom stereocenters. The standard InChI is InChI=1S/C10H12F3NO2S/c1-2-17(15,16)6-5-14-8-4-3-7(11)9(12)10(8)13/h3-4,14H,2,5-6H2,1H3. The first-order valence-corrected chi connectivity index (χ1v) is 6.77. The summed E-state index contributed by atoms with van der Waals surface area (Å²) in [5.41, 5.74) is -0.254. The lowest BCUT2D eigenvalue weighted by Crippen LogP contribution is -2.17. The van der Waals surface area contributed by atoms with Crippen molar-refractivity contribution in [3.63, 3.8) is 0 Å². The average molecular weight is 267 g/mol. The molecule has 0 bridgehead atoms. The minimum atomic E-state index is -3.17. The van der Waals surface area contributed by atoms with E-state index in [4.69, 9.17) is 0 Å². The molecular formula is C10H12F3NO2S. The van der Waals surface area contributed by atoms with Crippen LogP contribution in [-0.4, -0.2) is 26.5 Å². The lowest BCUT2D eigenvalue weighted by atomic mass is 10.3. The lowest BCUT2D eigenvalue weighted by Gasteiger charge is -2.08. The van der Waals surface area contributed by atoms with Crippen LogP contribution in [0.5, 0.6) is 0 Å². The first-order valence-electron chi connectivity index (χ1n) is 4.95. The highest BCUT2D eigenvalue weighted by atomic mass is 32.2. The zero-order chi connectivity index (χ0) is 13.1. The van der Waals surface area contributed by atoms with Gasteiger partial charge < -0.3 is 5.32 Å². The van der Waals surface area contributed by atoms with Crippen LogP contribution in [0.3, 0.4) is 0 Å². The monoisotopic (exact) mass is 267 g/mol. The molecule has 0 saturated heterocycles. The predicted octanol–water partition coefficient (Wildman–Crippen LogP) is 1.95. The quantitative estimate of drug-likeness (QED) is 0.829. The molecule has 0 aromatic heterocycles. The normalized spacial score (nSPS) is 11.5. The molecule has 3 nitrogen and oxygen atoms in total. The van der Waals surface area contributed by atoms with E-state index < -0.39 is 27.3 Å². The van der Waals surface area contributed by atoms with Crippen molar-refractivity contribution >= 4 is 15.5 Å². The van der Waals surface area contributed by atoms with Gasteiger partial charge >= 0.3 is 0 Å². The molecule has 1 N–H and O–H groups in total. The van der Waals surface area contributed by atoms with E-state index >= 15 is 0 Å². The van der Waals surface area contributed by atoms with Gasteiger partial charge in [-0.3, -0.25) is 0 Å². The van der Waals surface area contributed by atoms with Crippen molar-refractivity contribution in [2.45, 2.75) is 6.92 Å². The Balaban J connectivity index is 2.68. The second kappa shape index (κ2) is 5.39. The second-order valence-corrected chi connectivity index (χ2v) is 5.86. The van der Waals surface area contributed by atoms with Gasteiger partial charge in [0.25, 0.3) is 0 Å². The Bertz CT molecular complexity index is 503. The Morgan fingerprint density at radius 3 is 2.41 bits per heavy atom. The highest BCUT2D eigenvalue weighted by molar-refractivity contribution is 7.91. The molecule has 0 saturated carbocycles. The van der Waals surface area contributed by atoms with Crippen LogP contribution in [0, 0.1) is 17.5 Å². The molecule has 17 heavy (non-hydrogen) atoms. The fraction of sp³-hybridized carbons (Fsp3) is 0.400. The molecule has 0 spiro atoms. The van der Waals surface area contributed by atoms with Crippen molar-refractivity contribution in [1.82, 2.24) is 0 Å². The lowest BCUT2D eigenvalue weighted by molar-refractivity contribution is 0.449. The zero-order valence-corrected chi connectivity index (χ0v) is 9.95. The van der Waals surface area contributed by atoms with Crippen LogP contribution in [0.4, 0.5) is 18.9 Å². The molecule has 7 heteroatoms. The van der Waals surface area contributed by atoms with E-state index in [9.17, 15) is 21.6 Å². The van der Waals surface area contributed by atoms with Crippen LogP contribution in [0.1, 0.15) is 6.92 Å². The molecule has 1 aromatic carbocycles. The molecule has 1 aromatic rings. The molecule has 0 aliphatic heterocycles. The Morgan fingerprint density at radius 1 is 1.18 bits per heavy atom. The maximum absolute atomic E-state index is 13.1. The maximum Gasteiger partial charge on any atom is 0.196 e. The molecule has 0 aliphatic carbocycles. The summed E-state index contributed by atoms with van der Waals surface area (Å²) in [4.78, 5) is 0. The van der Waals surface area contributed by atoms with Gasteiger partial charge in [0.15, 0.2) is 27.3 Å². The molecule has 96 valence electrons. The Hall–Kier alpha value is -1.24. The van der Waals surface area contributed by atoms with Gasteiger partial charge in [-0.2, -0.15) is 0 Å². The number of rotatable bonds is 5. The van der Waals surface area contributed by atoms with Crippen LogP contribution in [0.15, 0.2) is 12.1 Å². The molecule has 0 atom stereocenters. The highest BCUT2D eigenvalue weighted by Crippen LogP contribution is 2.19. The van der Waals surface area contributed by atoms with Crippen LogP contribution in [0.25, 0.3) is 0 Å². The van der Waals surface area contributed by atoms with E-state index in [0.717, 1.165) is 12.1 Å². The van der Waals surface area contributed by atoms with E-state index in [1.807, 2.05) is 0 Å². The second-order valence-electron chi connectivity index (χ2n) is 3.39. The third kappa shape index (κ3) is 3.62. The van der Waals surface area contributed by atoms with Gasteiger partial charge in [-0.05, 0) is 12.1 Å². The Labute approximate surface area is 97.6 Å².